The molecule has 0 spiro atoms. The maximum Gasteiger partial charge on any atom is 0.183 e. The van der Waals surface area contributed by atoms with Gasteiger partial charge in [-0.2, -0.15) is 0 Å². The second kappa shape index (κ2) is 6.58. The molecule has 2 unspecified atom stereocenters. The van der Waals surface area contributed by atoms with Crippen molar-refractivity contribution in [3.63, 3.8) is 0 Å². The minimum atomic E-state index is -2.03. The molecule has 2 fully saturated rings. The number of rotatable bonds is 4. The monoisotopic (exact) mass is 362 g/mol. The summed E-state index contributed by atoms with van der Waals surface area (Å²) in [5, 5.41) is 70.4. The smallest absolute Gasteiger partial charge is 0.183 e. The molecule has 0 radical (unpaired) electrons. The molecule has 142 valence electrons. The summed E-state index contributed by atoms with van der Waals surface area (Å²) in [6.45, 7) is -1.97. The van der Waals surface area contributed by atoms with Gasteiger partial charge in [-0.1, -0.05) is 0 Å². The Morgan fingerprint density at radius 3 is 2.32 bits per heavy atom. The predicted octanol–water partition coefficient (Wildman–Crippen LogP) is -3.57. The Morgan fingerprint density at radius 1 is 1.08 bits per heavy atom. The maximum absolute atomic E-state index is 10.7. The summed E-state index contributed by atoms with van der Waals surface area (Å²) in [5.74, 6) is -0.0457. The fourth-order valence-corrected chi connectivity index (χ4v) is 3.47. The van der Waals surface area contributed by atoms with Crippen LogP contribution in [-0.2, 0) is 15.1 Å². The van der Waals surface area contributed by atoms with Gasteiger partial charge in [0.2, 0.25) is 0 Å². The largest absolute Gasteiger partial charge is 0.466 e. The SMILES string of the molecule is OC[C@@H]1O[C@](c2ccco2)(C2OCC(O)(CO)[C@H]2O)[C@@H](O)[C@@H](O)[C@@H]1O. The van der Waals surface area contributed by atoms with Gasteiger partial charge >= 0.3 is 0 Å². The lowest BCUT2D eigenvalue weighted by atomic mass is 9.76. The molecule has 2 aliphatic heterocycles. The van der Waals surface area contributed by atoms with E-state index in [0.29, 0.717) is 0 Å². The lowest BCUT2D eigenvalue weighted by molar-refractivity contribution is -0.318. The molecule has 10 nitrogen and oxygen atoms in total. The van der Waals surface area contributed by atoms with E-state index in [0.717, 1.165) is 0 Å². The van der Waals surface area contributed by atoms with Gasteiger partial charge in [-0.05, 0) is 12.1 Å². The third kappa shape index (κ3) is 2.62. The van der Waals surface area contributed by atoms with Crippen molar-refractivity contribution in [1.82, 2.24) is 0 Å². The Kier molecular flexibility index (Phi) is 4.92. The first-order chi connectivity index (χ1) is 11.8. The highest BCUT2D eigenvalue weighted by Gasteiger charge is 2.66. The minimum absolute atomic E-state index is 0.0457. The molecule has 0 aliphatic carbocycles. The lowest BCUT2D eigenvalue weighted by Crippen LogP contribution is -2.69. The molecular weight excluding hydrogens is 340 g/mol. The fraction of sp³-hybridized carbons (Fsp3) is 0.733. The molecule has 7 N–H and O–H groups in total. The first-order valence-electron chi connectivity index (χ1n) is 7.81. The van der Waals surface area contributed by atoms with Crippen LogP contribution in [-0.4, -0.2) is 97.8 Å². The third-order valence-corrected chi connectivity index (χ3v) is 4.97. The van der Waals surface area contributed by atoms with Crippen LogP contribution >= 0.6 is 0 Å². The van der Waals surface area contributed by atoms with Gasteiger partial charge in [0.25, 0.3) is 0 Å². The van der Waals surface area contributed by atoms with E-state index in [1.807, 2.05) is 0 Å². The van der Waals surface area contributed by atoms with Crippen LogP contribution in [0.5, 0.6) is 0 Å². The van der Waals surface area contributed by atoms with E-state index >= 15 is 0 Å². The summed E-state index contributed by atoms with van der Waals surface area (Å²) in [4.78, 5) is 0. The average Bonchev–Trinajstić information content (AvgIpc) is 3.25. The molecule has 0 bridgehead atoms. The third-order valence-electron chi connectivity index (χ3n) is 4.97. The highest BCUT2D eigenvalue weighted by atomic mass is 16.6. The van der Waals surface area contributed by atoms with Crippen molar-refractivity contribution < 1.29 is 49.6 Å². The van der Waals surface area contributed by atoms with Gasteiger partial charge in [-0.15, -0.1) is 0 Å². The first kappa shape index (κ1) is 18.7. The first-order valence-corrected chi connectivity index (χ1v) is 7.81. The fourth-order valence-electron chi connectivity index (χ4n) is 3.47. The number of hydrogen-bond donors (Lipinski definition) is 7. The predicted molar refractivity (Wildman–Crippen MR) is 78.1 cm³/mol. The Balaban J connectivity index is 2.09. The van der Waals surface area contributed by atoms with E-state index in [1.165, 1.54) is 18.4 Å². The summed E-state index contributed by atoms with van der Waals surface area (Å²) in [6, 6.07) is 2.87. The second-order valence-electron chi connectivity index (χ2n) is 6.47. The maximum atomic E-state index is 10.7. The van der Waals surface area contributed by atoms with E-state index in [2.05, 4.69) is 0 Å². The highest BCUT2D eigenvalue weighted by Crippen LogP contribution is 2.47. The Morgan fingerprint density at radius 2 is 1.80 bits per heavy atom. The molecule has 8 atom stereocenters. The molecule has 2 aliphatic rings. The van der Waals surface area contributed by atoms with Gasteiger partial charge in [0, 0.05) is 0 Å². The number of ether oxygens (including phenoxy) is 2. The van der Waals surface area contributed by atoms with Gasteiger partial charge in [0.1, 0.15) is 48.0 Å². The molecule has 3 heterocycles. The van der Waals surface area contributed by atoms with Crippen LogP contribution < -0.4 is 0 Å². The van der Waals surface area contributed by atoms with Crippen LogP contribution in [0.15, 0.2) is 22.8 Å². The summed E-state index contributed by atoms with van der Waals surface area (Å²) in [7, 11) is 0. The van der Waals surface area contributed by atoms with E-state index < -0.39 is 67.6 Å². The van der Waals surface area contributed by atoms with Crippen LogP contribution in [0.3, 0.4) is 0 Å². The molecule has 0 aromatic carbocycles. The van der Waals surface area contributed by atoms with Crippen molar-refractivity contribution in [2.24, 2.45) is 0 Å². The molecule has 10 heteroatoms. The summed E-state index contributed by atoms with van der Waals surface area (Å²) < 4.78 is 16.4. The van der Waals surface area contributed by atoms with Crippen molar-refractivity contribution in [2.45, 2.75) is 47.8 Å². The Bertz CT molecular complexity index is 577. The van der Waals surface area contributed by atoms with Crippen molar-refractivity contribution in [1.29, 1.82) is 0 Å². The Labute approximate surface area is 142 Å². The molecule has 2 saturated heterocycles. The standard InChI is InChI=1S/C15H22O10/c16-4-7-9(18)10(19)11(20)15(25-7,8-2-1-3-23-8)13-12(21)14(22,5-17)6-24-13/h1-3,7,9-13,16-22H,4-6H2/t7-,9+,10-,11-,12-,13?,14?,15-/m0/s1. The lowest BCUT2D eigenvalue weighted by Gasteiger charge is -2.50. The number of furan rings is 1. The normalized spacial score (nSPS) is 48.0. The van der Waals surface area contributed by atoms with Gasteiger partial charge in [-0.3, -0.25) is 0 Å². The van der Waals surface area contributed by atoms with E-state index in [1.54, 1.807) is 0 Å². The van der Waals surface area contributed by atoms with Gasteiger partial charge in [0.05, 0.1) is 26.1 Å². The molecule has 1 aromatic rings. The van der Waals surface area contributed by atoms with Gasteiger partial charge < -0.3 is 49.6 Å². The van der Waals surface area contributed by atoms with Crippen LogP contribution in [0.1, 0.15) is 5.76 Å². The second-order valence-corrected chi connectivity index (χ2v) is 6.47. The van der Waals surface area contributed by atoms with Crippen LogP contribution in [0, 0.1) is 0 Å². The van der Waals surface area contributed by atoms with Gasteiger partial charge in [0.15, 0.2) is 5.60 Å². The molecular formula is C15H22O10. The summed E-state index contributed by atoms with van der Waals surface area (Å²) >= 11 is 0. The molecule has 0 saturated carbocycles. The Hall–Kier alpha value is -1.08. The van der Waals surface area contributed by atoms with E-state index in [9.17, 15) is 35.7 Å². The topological polar surface area (TPSA) is 173 Å². The number of aliphatic hydroxyl groups excluding tert-OH is 6. The van der Waals surface area contributed by atoms with Crippen LogP contribution in [0.4, 0.5) is 0 Å². The highest BCUT2D eigenvalue weighted by molar-refractivity contribution is 5.23. The number of aliphatic hydroxyl groups is 7. The minimum Gasteiger partial charge on any atom is -0.466 e. The molecule has 0 amide bonds. The van der Waals surface area contributed by atoms with Gasteiger partial charge in [-0.25, -0.2) is 0 Å². The van der Waals surface area contributed by atoms with Crippen molar-refractivity contribution in [3.05, 3.63) is 24.2 Å². The molecule has 3 rings (SSSR count). The van der Waals surface area contributed by atoms with Crippen LogP contribution in [0.2, 0.25) is 0 Å². The summed E-state index contributed by atoms with van der Waals surface area (Å²) in [5.41, 5.74) is -4.04. The van der Waals surface area contributed by atoms with E-state index in [4.69, 9.17) is 13.9 Å². The summed E-state index contributed by atoms with van der Waals surface area (Å²) in [6.07, 6.45) is -8.40. The van der Waals surface area contributed by atoms with Crippen molar-refractivity contribution in [3.8, 4) is 0 Å². The number of hydrogen-bond acceptors (Lipinski definition) is 10. The average molecular weight is 362 g/mol. The zero-order valence-electron chi connectivity index (χ0n) is 13.2. The quantitative estimate of drug-likeness (QED) is 0.284. The zero-order chi connectivity index (χ0) is 18.4. The molecule has 1 aromatic heterocycles. The van der Waals surface area contributed by atoms with Crippen molar-refractivity contribution in [2.75, 3.05) is 19.8 Å². The van der Waals surface area contributed by atoms with Crippen LogP contribution in [0.25, 0.3) is 0 Å². The van der Waals surface area contributed by atoms with Crippen molar-refractivity contribution >= 4 is 0 Å². The zero-order valence-corrected chi connectivity index (χ0v) is 13.2. The molecule has 25 heavy (non-hydrogen) atoms. The van der Waals surface area contributed by atoms with E-state index in [-0.39, 0.29) is 5.76 Å².